The predicted octanol–water partition coefficient (Wildman–Crippen LogP) is 6.81. The minimum absolute atomic E-state index is 0.140. The number of carbonyl (C=O) groups is 1. The van der Waals surface area contributed by atoms with Crippen LogP contribution in [-0.2, 0) is 15.6 Å². The van der Waals surface area contributed by atoms with Crippen molar-refractivity contribution in [3.8, 4) is 0 Å². The van der Waals surface area contributed by atoms with Crippen molar-refractivity contribution >= 4 is 16.6 Å². The smallest absolute Gasteiger partial charge is 0.138 e. The molecule has 0 radical (unpaired) electrons. The Labute approximate surface area is 193 Å². The van der Waals surface area contributed by atoms with Gasteiger partial charge < -0.3 is 0 Å². The van der Waals surface area contributed by atoms with Crippen molar-refractivity contribution < 1.29 is 9.00 Å². The highest BCUT2D eigenvalue weighted by Gasteiger charge is 2.63. The van der Waals surface area contributed by atoms with Crippen molar-refractivity contribution in [2.45, 2.75) is 92.9 Å². The molecule has 2 nitrogen and oxygen atoms in total. The van der Waals surface area contributed by atoms with Gasteiger partial charge in [-0.25, -0.2) is 0 Å². The van der Waals surface area contributed by atoms with Gasteiger partial charge in [-0.05, 0) is 98.2 Å². The lowest BCUT2D eigenvalue weighted by Gasteiger charge is -2.63. The van der Waals surface area contributed by atoms with E-state index < -0.39 is 10.8 Å². The predicted molar refractivity (Wildman–Crippen MR) is 131 cm³/mol. The van der Waals surface area contributed by atoms with Gasteiger partial charge in [-0.1, -0.05) is 46.8 Å². The third-order valence-corrected chi connectivity index (χ3v) is 12.7. The van der Waals surface area contributed by atoms with Gasteiger partial charge in [-0.2, -0.15) is 0 Å². The molecular formula is C28H46O2S. The maximum absolute atomic E-state index is 12.7. The van der Waals surface area contributed by atoms with Crippen molar-refractivity contribution in [1.82, 2.24) is 0 Å². The molecule has 176 valence electrons. The molecule has 0 spiro atoms. The average Bonchev–Trinajstić information content (AvgIpc) is 3.02. The van der Waals surface area contributed by atoms with Gasteiger partial charge in [-0.3, -0.25) is 9.00 Å². The molecule has 9 atom stereocenters. The number of ketones is 1. The highest BCUT2D eigenvalue weighted by atomic mass is 32.2. The van der Waals surface area contributed by atoms with Crippen molar-refractivity contribution in [2.75, 3.05) is 11.5 Å². The Morgan fingerprint density at radius 2 is 1.71 bits per heavy atom. The second-order valence-corrected chi connectivity index (χ2v) is 14.6. The molecule has 3 heteroatoms. The minimum atomic E-state index is -0.771. The molecule has 0 bridgehead atoms. The first-order valence-corrected chi connectivity index (χ1v) is 14.4. The molecule has 31 heavy (non-hydrogen) atoms. The topological polar surface area (TPSA) is 34.1 Å². The van der Waals surface area contributed by atoms with Gasteiger partial charge >= 0.3 is 0 Å². The van der Waals surface area contributed by atoms with Gasteiger partial charge in [0.25, 0.3) is 0 Å². The van der Waals surface area contributed by atoms with Crippen LogP contribution in [0.4, 0.5) is 0 Å². The lowest BCUT2D eigenvalue weighted by molar-refractivity contribution is -0.165. The molecule has 0 aromatic rings. The molecule has 4 aliphatic rings. The van der Waals surface area contributed by atoms with Crippen LogP contribution >= 0.6 is 0 Å². The minimum Gasteiger partial charge on any atom is -0.299 e. The number of rotatable bonds is 5. The van der Waals surface area contributed by atoms with Crippen molar-refractivity contribution in [2.24, 2.45) is 51.8 Å². The monoisotopic (exact) mass is 446 g/mol. The molecule has 2 unspecified atom stereocenters. The third kappa shape index (κ3) is 3.73. The molecule has 4 saturated carbocycles. The van der Waals surface area contributed by atoms with E-state index in [9.17, 15) is 9.00 Å². The lowest BCUT2D eigenvalue weighted by Crippen LogP contribution is -2.58. The molecule has 4 aliphatic carbocycles. The largest absolute Gasteiger partial charge is 0.299 e. The van der Waals surface area contributed by atoms with E-state index in [2.05, 4.69) is 41.2 Å². The van der Waals surface area contributed by atoms with E-state index in [0.717, 1.165) is 41.9 Å². The molecule has 4 rings (SSSR count). The maximum atomic E-state index is 12.7. The molecule has 0 amide bonds. The fourth-order valence-electron chi connectivity index (χ4n) is 9.62. The fourth-order valence-corrected chi connectivity index (χ4v) is 11.1. The lowest BCUT2D eigenvalue weighted by atomic mass is 9.41. The zero-order valence-electron chi connectivity index (χ0n) is 21.0. The van der Waals surface area contributed by atoms with E-state index in [4.69, 9.17) is 0 Å². The van der Waals surface area contributed by atoms with Crippen LogP contribution in [-0.4, -0.2) is 21.5 Å². The summed E-state index contributed by atoms with van der Waals surface area (Å²) in [5, 5.41) is 0. The number of fused-ring (bicyclic) bond motifs is 5. The molecule has 0 aromatic carbocycles. The van der Waals surface area contributed by atoms with Crippen LogP contribution in [0.5, 0.6) is 0 Å². The normalized spacial score (nSPS) is 45.9. The van der Waals surface area contributed by atoms with E-state index in [-0.39, 0.29) is 5.41 Å². The second kappa shape index (κ2) is 8.10. The molecular weight excluding hydrogens is 400 g/mol. The third-order valence-electron chi connectivity index (χ3n) is 11.0. The van der Waals surface area contributed by atoms with Gasteiger partial charge in [0.2, 0.25) is 0 Å². The van der Waals surface area contributed by atoms with Crippen molar-refractivity contribution in [3.05, 3.63) is 12.2 Å². The zero-order valence-corrected chi connectivity index (χ0v) is 21.8. The second-order valence-electron chi connectivity index (χ2n) is 13.1. The Morgan fingerprint density at radius 1 is 1.03 bits per heavy atom. The molecule has 0 aromatic heterocycles. The Bertz CT molecular complexity index is 769. The fraction of sp³-hybridized carbons (Fsp3) is 0.893. The van der Waals surface area contributed by atoms with Crippen molar-refractivity contribution in [1.29, 1.82) is 0 Å². The van der Waals surface area contributed by atoms with Crippen LogP contribution in [0.1, 0.15) is 92.9 Å². The first-order valence-electron chi connectivity index (χ1n) is 12.9. The molecule has 4 fully saturated rings. The quantitative estimate of drug-likeness (QED) is 0.435. The van der Waals surface area contributed by atoms with Gasteiger partial charge in [0.1, 0.15) is 5.78 Å². The molecule has 0 aliphatic heterocycles. The Hall–Kier alpha value is -0.440. The van der Waals surface area contributed by atoms with Gasteiger partial charge in [-0.15, -0.1) is 0 Å². The number of hydrogen-bond acceptors (Lipinski definition) is 2. The summed E-state index contributed by atoms with van der Waals surface area (Å²) in [6.07, 6.45) is 9.83. The highest BCUT2D eigenvalue weighted by molar-refractivity contribution is 7.85. The van der Waals surface area contributed by atoms with E-state index in [1.54, 1.807) is 0 Å². The summed E-state index contributed by atoms with van der Waals surface area (Å²) < 4.78 is 12.6. The van der Waals surface area contributed by atoms with E-state index in [1.807, 2.05) is 6.92 Å². The average molecular weight is 447 g/mol. The maximum Gasteiger partial charge on any atom is 0.138 e. The van der Waals surface area contributed by atoms with Crippen LogP contribution < -0.4 is 0 Å². The molecule has 0 heterocycles. The highest BCUT2D eigenvalue weighted by Crippen LogP contribution is 2.69. The number of Topliss-reactive ketones (excluding diaryl/α,β-unsaturated/α-hetero) is 1. The first-order chi connectivity index (χ1) is 14.4. The standard InChI is InChI=1S/C28H46O2S/c1-18(2)16-31(30)17-19(3)21-9-10-22-20-8-11-24-26(4,5)25(29)13-15-28(24,7)23(20)12-14-27(21,22)6/h19-24H,1,8-17H2,2-7H3/t19-,20+,21-,22+,23+,24?,27-,28-,31?/m1/s1. The summed E-state index contributed by atoms with van der Waals surface area (Å²) in [6.45, 7) is 18.0. The first kappa shape index (κ1) is 23.7. The summed E-state index contributed by atoms with van der Waals surface area (Å²) in [4.78, 5) is 12.7. The van der Waals surface area contributed by atoms with Crippen LogP contribution in [0.2, 0.25) is 0 Å². The zero-order chi connectivity index (χ0) is 22.8. The molecule has 0 N–H and O–H groups in total. The van der Waals surface area contributed by atoms with Crippen LogP contribution in [0, 0.1) is 51.8 Å². The van der Waals surface area contributed by atoms with Crippen LogP contribution in [0.3, 0.4) is 0 Å². The van der Waals surface area contributed by atoms with Crippen LogP contribution in [0.15, 0.2) is 12.2 Å². The summed E-state index contributed by atoms with van der Waals surface area (Å²) in [5.74, 6) is 6.27. The summed E-state index contributed by atoms with van der Waals surface area (Å²) in [6, 6.07) is 0. The summed E-state index contributed by atoms with van der Waals surface area (Å²) in [7, 11) is -0.771. The van der Waals surface area contributed by atoms with E-state index in [0.29, 0.717) is 40.1 Å². The van der Waals surface area contributed by atoms with Gasteiger partial charge in [0.15, 0.2) is 0 Å². The summed E-state index contributed by atoms with van der Waals surface area (Å²) >= 11 is 0. The van der Waals surface area contributed by atoms with E-state index >= 15 is 0 Å². The van der Waals surface area contributed by atoms with Crippen LogP contribution in [0.25, 0.3) is 0 Å². The van der Waals surface area contributed by atoms with Gasteiger partial charge in [0, 0.05) is 34.1 Å². The van der Waals surface area contributed by atoms with Crippen molar-refractivity contribution in [3.63, 3.8) is 0 Å². The van der Waals surface area contributed by atoms with E-state index in [1.165, 1.54) is 38.5 Å². The molecule has 0 saturated heterocycles. The summed E-state index contributed by atoms with van der Waals surface area (Å²) in [5.41, 5.74) is 1.66. The number of carbonyl (C=O) groups excluding carboxylic acids is 1. The Morgan fingerprint density at radius 3 is 2.39 bits per heavy atom. The van der Waals surface area contributed by atoms with Gasteiger partial charge in [0.05, 0.1) is 0 Å². The Kier molecular flexibility index (Phi) is 6.19. The Balaban J connectivity index is 1.53. The number of hydrogen-bond donors (Lipinski definition) is 0. The SMILES string of the molecule is C=C(C)CS(=O)C[C@@H](C)[C@H]1CC[C@H]2[C@@H]3CCC4C(C)(C)C(=O)CC[C@]4(C)[C@H]3CC[C@]12C.